The van der Waals surface area contributed by atoms with Crippen LogP contribution in [-0.2, 0) is 6.54 Å². The van der Waals surface area contributed by atoms with Gasteiger partial charge >= 0.3 is 6.03 Å². The number of rotatable bonds is 4. The maximum atomic E-state index is 12.1. The van der Waals surface area contributed by atoms with Crippen LogP contribution in [0.2, 0.25) is 0 Å². The van der Waals surface area contributed by atoms with Gasteiger partial charge in [0.25, 0.3) is 0 Å². The quantitative estimate of drug-likeness (QED) is 0.784. The highest BCUT2D eigenvalue weighted by atomic mass is 16.3. The SMILES string of the molecule is CCN(C)C(=O)N(Cc1ccco1)C1CC1. The first-order chi connectivity index (χ1) is 7.72. The molecule has 4 heteroatoms. The molecule has 1 aliphatic rings. The summed E-state index contributed by atoms with van der Waals surface area (Å²) >= 11 is 0. The molecule has 2 rings (SSSR count). The van der Waals surface area contributed by atoms with Crippen molar-refractivity contribution in [2.24, 2.45) is 0 Å². The number of urea groups is 1. The molecule has 88 valence electrons. The van der Waals surface area contributed by atoms with Gasteiger partial charge in [-0.2, -0.15) is 0 Å². The standard InChI is InChI=1S/C12H18N2O2/c1-3-13(2)12(15)14(10-6-7-10)9-11-5-4-8-16-11/h4-5,8,10H,3,6-7,9H2,1-2H3. The summed E-state index contributed by atoms with van der Waals surface area (Å²) in [6.45, 7) is 3.30. The summed E-state index contributed by atoms with van der Waals surface area (Å²) in [6, 6.07) is 4.27. The number of furan rings is 1. The van der Waals surface area contributed by atoms with E-state index in [1.165, 1.54) is 0 Å². The lowest BCUT2D eigenvalue weighted by molar-refractivity contribution is 0.154. The maximum Gasteiger partial charge on any atom is 0.320 e. The van der Waals surface area contributed by atoms with Gasteiger partial charge in [-0.1, -0.05) is 0 Å². The summed E-state index contributed by atoms with van der Waals surface area (Å²) in [7, 11) is 1.83. The van der Waals surface area contributed by atoms with Crippen molar-refractivity contribution in [3.63, 3.8) is 0 Å². The molecule has 0 aliphatic heterocycles. The molecule has 0 saturated heterocycles. The third kappa shape index (κ3) is 2.38. The van der Waals surface area contributed by atoms with E-state index in [4.69, 9.17) is 4.42 Å². The molecular formula is C12H18N2O2. The summed E-state index contributed by atoms with van der Waals surface area (Å²) < 4.78 is 5.29. The van der Waals surface area contributed by atoms with Crippen LogP contribution in [0.3, 0.4) is 0 Å². The van der Waals surface area contributed by atoms with Gasteiger partial charge in [0.2, 0.25) is 0 Å². The van der Waals surface area contributed by atoms with Crippen molar-refractivity contribution < 1.29 is 9.21 Å². The van der Waals surface area contributed by atoms with E-state index in [0.29, 0.717) is 12.6 Å². The summed E-state index contributed by atoms with van der Waals surface area (Å²) in [5, 5.41) is 0. The van der Waals surface area contributed by atoms with Gasteiger partial charge in [-0.25, -0.2) is 4.79 Å². The monoisotopic (exact) mass is 222 g/mol. The van der Waals surface area contributed by atoms with Crippen molar-refractivity contribution in [2.45, 2.75) is 32.4 Å². The van der Waals surface area contributed by atoms with Gasteiger partial charge in [0.05, 0.1) is 12.8 Å². The lowest BCUT2D eigenvalue weighted by Gasteiger charge is -2.26. The maximum absolute atomic E-state index is 12.1. The van der Waals surface area contributed by atoms with Crippen molar-refractivity contribution in [1.82, 2.24) is 9.80 Å². The molecule has 4 nitrogen and oxygen atoms in total. The topological polar surface area (TPSA) is 36.7 Å². The fourth-order valence-corrected chi connectivity index (χ4v) is 1.66. The van der Waals surface area contributed by atoms with Gasteiger partial charge in [0.15, 0.2) is 0 Å². The fraction of sp³-hybridized carbons (Fsp3) is 0.583. The van der Waals surface area contributed by atoms with E-state index < -0.39 is 0 Å². The van der Waals surface area contributed by atoms with Crippen molar-refractivity contribution >= 4 is 6.03 Å². The summed E-state index contributed by atoms with van der Waals surface area (Å²) in [6.07, 6.45) is 3.88. The Labute approximate surface area is 95.8 Å². The average molecular weight is 222 g/mol. The molecule has 16 heavy (non-hydrogen) atoms. The summed E-state index contributed by atoms with van der Waals surface area (Å²) in [5.41, 5.74) is 0. The number of carbonyl (C=O) groups is 1. The molecule has 0 radical (unpaired) electrons. The zero-order valence-electron chi connectivity index (χ0n) is 9.85. The van der Waals surface area contributed by atoms with Gasteiger partial charge in [0, 0.05) is 19.6 Å². The number of hydrogen-bond acceptors (Lipinski definition) is 2. The second kappa shape index (κ2) is 4.60. The zero-order valence-corrected chi connectivity index (χ0v) is 9.85. The largest absolute Gasteiger partial charge is 0.467 e. The number of carbonyl (C=O) groups excluding carboxylic acids is 1. The first-order valence-electron chi connectivity index (χ1n) is 5.76. The smallest absolute Gasteiger partial charge is 0.320 e. The van der Waals surface area contributed by atoms with Crippen molar-refractivity contribution in [1.29, 1.82) is 0 Å². The van der Waals surface area contributed by atoms with Crippen LogP contribution < -0.4 is 0 Å². The molecule has 1 aromatic rings. The molecule has 1 saturated carbocycles. The lowest BCUT2D eigenvalue weighted by atomic mass is 10.4. The second-order valence-electron chi connectivity index (χ2n) is 4.24. The van der Waals surface area contributed by atoms with E-state index in [2.05, 4.69) is 0 Å². The van der Waals surface area contributed by atoms with E-state index >= 15 is 0 Å². The summed E-state index contributed by atoms with van der Waals surface area (Å²) in [4.78, 5) is 15.7. The highest BCUT2D eigenvalue weighted by molar-refractivity contribution is 5.74. The van der Waals surface area contributed by atoms with E-state index in [9.17, 15) is 4.79 Å². The van der Waals surface area contributed by atoms with E-state index in [1.54, 1.807) is 11.2 Å². The molecule has 1 aliphatic carbocycles. The van der Waals surface area contributed by atoms with Crippen molar-refractivity contribution in [3.8, 4) is 0 Å². The molecule has 2 amide bonds. The zero-order chi connectivity index (χ0) is 11.5. The van der Waals surface area contributed by atoms with Gasteiger partial charge in [-0.05, 0) is 31.9 Å². The molecule has 0 aromatic carbocycles. The Morgan fingerprint density at radius 1 is 1.56 bits per heavy atom. The van der Waals surface area contributed by atoms with Crippen molar-refractivity contribution in [3.05, 3.63) is 24.2 Å². The van der Waals surface area contributed by atoms with Crippen molar-refractivity contribution in [2.75, 3.05) is 13.6 Å². The second-order valence-corrected chi connectivity index (χ2v) is 4.24. The van der Waals surface area contributed by atoms with E-state index in [1.807, 2.05) is 31.0 Å². The van der Waals surface area contributed by atoms with Crippen LogP contribution in [0.1, 0.15) is 25.5 Å². The van der Waals surface area contributed by atoms with Crippen LogP contribution in [0.5, 0.6) is 0 Å². The fourth-order valence-electron chi connectivity index (χ4n) is 1.66. The molecule has 0 bridgehead atoms. The van der Waals surface area contributed by atoms with Crippen LogP contribution in [0.15, 0.2) is 22.8 Å². The summed E-state index contributed by atoms with van der Waals surface area (Å²) in [5.74, 6) is 0.852. The number of hydrogen-bond donors (Lipinski definition) is 0. The minimum Gasteiger partial charge on any atom is -0.467 e. The third-order valence-electron chi connectivity index (χ3n) is 2.94. The van der Waals surface area contributed by atoms with Crippen LogP contribution in [-0.4, -0.2) is 35.5 Å². The number of amides is 2. The molecule has 0 atom stereocenters. The van der Waals surface area contributed by atoms with E-state index in [-0.39, 0.29) is 6.03 Å². The van der Waals surface area contributed by atoms with Gasteiger partial charge in [-0.3, -0.25) is 0 Å². The predicted octanol–water partition coefficient (Wildman–Crippen LogP) is 2.32. The highest BCUT2D eigenvalue weighted by Crippen LogP contribution is 2.29. The molecule has 1 heterocycles. The Morgan fingerprint density at radius 2 is 2.31 bits per heavy atom. The Bertz CT molecular complexity index is 344. The molecule has 0 spiro atoms. The average Bonchev–Trinajstić information content (AvgIpc) is 3.01. The Balaban J connectivity index is 2.02. The third-order valence-corrected chi connectivity index (χ3v) is 2.94. The minimum atomic E-state index is 0.0985. The molecule has 1 fully saturated rings. The Kier molecular flexibility index (Phi) is 3.17. The number of nitrogens with zero attached hydrogens (tertiary/aromatic N) is 2. The van der Waals surface area contributed by atoms with Gasteiger partial charge < -0.3 is 14.2 Å². The molecule has 0 unspecified atom stereocenters. The van der Waals surface area contributed by atoms with E-state index in [0.717, 1.165) is 25.1 Å². The minimum absolute atomic E-state index is 0.0985. The highest BCUT2D eigenvalue weighted by Gasteiger charge is 2.34. The van der Waals surface area contributed by atoms with Gasteiger partial charge in [0.1, 0.15) is 5.76 Å². The van der Waals surface area contributed by atoms with Crippen LogP contribution >= 0.6 is 0 Å². The molecule has 1 aromatic heterocycles. The Hall–Kier alpha value is -1.45. The van der Waals surface area contributed by atoms with Gasteiger partial charge in [-0.15, -0.1) is 0 Å². The Morgan fingerprint density at radius 3 is 2.81 bits per heavy atom. The van der Waals surface area contributed by atoms with Crippen LogP contribution in [0, 0.1) is 0 Å². The van der Waals surface area contributed by atoms with Crippen LogP contribution in [0.4, 0.5) is 4.79 Å². The molecular weight excluding hydrogens is 204 g/mol. The first-order valence-corrected chi connectivity index (χ1v) is 5.76. The first kappa shape index (κ1) is 11.0. The normalized spacial score (nSPS) is 14.9. The molecule has 0 N–H and O–H groups in total. The lowest BCUT2D eigenvalue weighted by Crippen LogP contribution is -2.41. The predicted molar refractivity (Wildman–Crippen MR) is 61.0 cm³/mol. The van der Waals surface area contributed by atoms with Crippen LogP contribution in [0.25, 0.3) is 0 Å².